The van der Waals surface area contributed by atoms with Crippen LogP contribution in [-0.4, -0.2) is 15.6 Å². The van der Waals surface area contributed by atoms with Crippen molar-refractivity contribution in [2.45, 2.75) is 0 Å². The molecule has 6 nitrogen and oxygen atoms in total. The van der Waals surface area contributed by atoms with Crippen molar-refractivity contribution in [3.8, 4) is 10.7 Å². The van der Waals surface area contributed by atoms with Gasteiger partial charge >= 0.3 is 0 Å². The summed E-state index contributed by atoms with van der Waals surface area (Å²) in [4.78, 5) is 31.2. The molecule has 0 aliphatic heterocycles. The van der Waals surface area contributed by atoms with Gasteiger partial charge in [-0.25, -0.2) is 4.98 Å². The van der Waals surface area contributed by atoms with Crippen molar-refractivity contribution in [1.29, 1.82) is 0 Å². The van der Waals surface area contributed by atoms with Crippen molar-refractivity contribution in [2.24, 2.45) is 0 Å². The molecule has 1 amide bonds. The number of halogens is 1. The monoisotopic (exact) mass is 488 g/mol. The summed E-state index contributed by atoms with van der Waals surface area (Å²) < 4.78 is 2.13. The molecule has 0 aliphatic carbocycles. The van der Waals surface area contributed by atoms with Crippen LogP contribution in [0.4, 0.5) is 5.69 Å². The second-order valence-corrected chi connectivity index (χ2v) is 7.97. The van der Waals surface area contributed by atoms with Gasteiger partial charge in [-0.1, -0.05) is 6.07 Å². The average Bonchev–Trinajstić information content (AvgIpc) is 3.19. The van der Waals surface area contributed by atoms with Crippen LogP contribution in [0.1, 0.15) is 10.4 Å². The van der Waals surface area contributed by atoms with Crippen molar-refractivity contribution in [3.63, 3.8) is 0 Å². The number of aromatic nitrogens is 2. The lowest BCUT2D eigenvalue weighted by atomic mass is 10.2. The van der Waals surface area contributed by atoms with Crippen LogP contribution in [0.2, 0.25) is 0 Å². The number of hydrogen-bond acceptors (Lipinski definition) is 5. The number of carbonyl (C=O) groups excluding carboxylic acids is 1. The number of benzene rings is 2. The first-order chi connectivity index (χ1) is 13.0. The maximum Gasteiger partial charge on any atom is 0.280 e. The van der Waals surface area contributed by atoms with E-state index in [2.05, 4.69) is 33.0 Å². The summed E-state index contributed by atoms with van der Waals surface area (Å²) in [6, 6.07) is 15.7. The number of rotatable bonds is 3. The van der Waals surface area contributed by atoms with Gasteiger partial charge in [-0.15, -0.1) is 11.3 Å². The standard InChI is InChI=1S/C19H13IN4O2S/c20-12-5-8-15-14(10-12)19(26)24(17(22-15)16-2-1-9-27-16)23-18(25)11-3-6-13(21)7-4-11/h1-10H,21H2,(H,23,25). The molecule has 4 rings (SSSR count). The number of nitrogen functional groups attached to an aromatic ring is 1. The normalized spacial score (nSPS) is 10.9. The third kappa shape index (κ3) is 3.45. The van der Waals surface area contributed by atoms with E-state index in [-0.39, 0.29) is 5.56 Å². The zero-order chi connectivity index (χ0) is 19.0. The highest BCUT2D eigenvalue weighted by atomic mass is 127. The molecule has 2 heterocycles. The van der Waals surface area contributed by atoms with E-state index in [0.717, 1.165) is 8.45 Å². The van der Waals surface area contributed by atoms with Crippen LogP contribution < -0.4 is 16.7 Å². The summed E-state index contributed by atoms with van der Waals surface area (Å²) in [5, 5.41) is 2.34. The third-order valence-electron chi connectivity index (χ3n) is 3.96. The summed E-state index contributed by atoms with van der Waals surface area (Å²) in [7, 11) is 0. The Hall–Kier alpha value is -2.72. The Kier molecular flexibility index (Phi) is 4.66. The van der Waals surface area contributed by atoms with Crippen molar-refractivity contribution < 1.29 is 4.79 Å². The van der Waals surface area contributed by atoms with Crippen LogP contribution in [0.25, 0.3) is 21.6 Å². The van der Waals surface area contributed by atoms with Gasteiger partial charge in [0.15, 0.2) is 5.82 Å². The number of thiophene rings is 1. The maximum atomic E-state index is 13.1. The minimum Gasteiger partial charge on any atom is -0.399 e. The Balaban J connectivity index is 1.88. The van der Waals surface area contributed by atoms with Gasteiger partial charge in [0.1, 0.15) is 0 Å². The summed E-state index contributed by atoms with van der Waals surface area (Å²) in [5.41, 5.74) is 9.57. The molecular formula is C19H13IN4O2S. The SMILES string of the molecule is Nc1ccc(C(=O)Nn2c(-c3cccs3)nc3ccc(I)cc3c2=O)cc1. The fourth-order valence-corrected chi connectivity index (χ4v) is 3.83. The number of nitrogens with zero attached hydrogens (tertiary/aromatic N) is 2. The Labute approximate surface area is 171 Å². The second-order valence-electron chi connectivity index (χ2n) is 5.78. The number of hydrogen-bond donors (Lipinski definition) is 2. The molecule has 0 fully saturated rings. The molecule has 27 heavy (non-hydrogen) atoms. The third-order valence-corrected chi connectivity index (χ3v) is 5.49. The molecule has 0 aliphatic rings. The molecule has 2 aromatic heterocycles. The molecule has 134 valence electrons. The van der Waals surface area contributed by atoms with E-state index in [9.17, 15) is 9.59 Å². The first-order valence-electron chi connectivity index (χ1n) is 7.96. The van der Waals surface area contributed by atoms with Crippen molar-refractivity contribution in [2.75, 3.05) is 11.2 Å². The van der Waals surface area contributed by atoms with Crippen LogP contribution in [0.3, 0.4) is 0 Å². The summed E-state index contributed by atoms with van der Waals surface area (Å²) in [6.45, 7) is 0. The van der Waals surface area contributed by atoms with Gasteiger partial charge in [-0.3, -0.25) is 15.0 Å². The number of nitrogens with two attached hydrogens (primary N) is 1. The predicted molar refractivity (Wildman–Crippen MR) is 117 cm³/mol. The van der Waals surface area contributed by atoms with Crippen LogP contribution in [0.5, 0.6) is 0 Å². The predicted octanol–water partition coefficient (Wildman–Crippen LogP) is 3.70. The minimum atomic E-state index is -0.415. The molecule has 4 aromatic rings. The van der Waals surface area contributed by atoms with Gasteiger partial charge in [0, 0.05) is 14.8 Å². The molecular weight excluding hydrogens is 475 g/mol. The highest BCUT2D eigenvalue weighted by Crippen LogP contribution is 2.24. The zero-order valence-corrected chi connectivity index (χ0v) is 16.8. The van der Waals surface area contributed by atoms with E-state index in [4.69, 9.17) is 5.73 Å². The van der Waals surface area contributed by atoms with E-state index in [0.29, 0.717) is 28.0 Å². The van der Waals surface area contributed by atoms with Crippen LogP contribution in [0, 0.1) is 3.57 Å². The molecule has 2 aromatic carbocycles. The number of amides is 1. The molecule has 0 bridgehead atoms. The van der Waals surface area contributed by atoms with Gasteiger partial charge < -0.3 is 5.73 Å². The molecule has 0 radical (unpaired) electrons. The lowest BCUT2D eigenvalue weighted by molar-refractivity contribution is 0.101. The molecule has 0 atom stereocenters. The van der Waals surface area contributed by atoms with Gasteiger partial charge in [0.05, 0.1) is 15.8 Å². The van der Waals surface area contributed by atoms with Crippen molar-refractivity contribution in [3.05, 3.63) is 79.5 Å². The first-order valence-corrected chi connectivity index (χ1v) is 9.92. The van der Waals surface area contributed by atoms with Gasteiger partial charge in [-0.2, -0.15) is 4.68 Å². The van der Waals surface area contributed by atoms with E-state index < -0.39 is 5.91 Å². The largest absolute Gasteiger partial charge is 0.399 e. The lowest BCUT2D eigenvalue weighted by Gasteiger charge is -2.14. The minimum absolute atomic E-state index is 0.328. The van der Waals surface area contributed by atoms with E-state index >= 15 is 0 Å². The highest BCUT2D eigenvalue weighted by molar-refractivity contribution is 14.1. The number of carbonyl (C=O) groups is 1. The Morgan fingerprint density at radius 2 is 1.93 bits per heavy atom. The number of nitrogens with one attached hydrogen (secondary N) is 1. The molecule has 0 spiro atoms. The molecule has 0 saturated heterocycles. The number of anilines is 1. The lowest BCUT2D eigenvalue weighted by Crippen LogP contribution is -2.35. The van der Waals surface area contributed by atoms with Crippen molar-refractivity contribution in [1.82, 2.24) is 9.66 Å². The summed E-state index contributed by atoms with van der Waals surface area (Å²) in [6.07, 6.45) is 0. The van der Waals surface area contributed by atoms with Gasteiger partial charge in [0.2, 0.25) is 0 Å². The maximum absolute atomic E-state index is 13.1. The molecule has 0 unspecified atom stereocenters. The van der Waals surface area contributed by atoms with Gasteiger partial charge in [-0.05, 0) is 76.5 Å². The smallest absolute Gasteiger partial charge is 0.280 e. The first kappa shape index (κ1) is 17.7. The molecule has 3 N–H and O–H groups in total. The van der Waals surface area contributed by atoms with E-state index in [1.165, 1.54) is 16.0 Å². The van der Waals surface area contributed by atoms with Crippen LogP contribution in [-0.2, 0) is 0 Å². The quantitative estimate of drug-likeness (QED) is 0.340. The van der Waals surface area contributed by atoms with Gasteiger partial charge in [0.25, 0.3) is 11.5 Å². The topological polar surface area (TPSA) is 90.0 Å². The summed E-state index contributed by atoms with van der Waals surface area (Å²) in [5.74, 6) is -0.0193. The Morgan fingerprint density at radius 1 is 1.15 bits per heavy atom. The molecule has 8 heteroatoms. The second kappa shape index (κ2) is 7.12. The van der Waals surface area contributed by atoms with Crippen molar-refractivity contribution >= 4 is 56.4 Å². The Morgan fingerprint density at radius 3 is 2.63 bits per heavy atom. The van der Waals surface area contributed by atoms with E-state index in [1.807, 2.05) is 29.6 Å². The zero-order valence-electron chi connectivity index (χ0n) is 13.8. The van der Waals surface area contributed by atoms with Crippen LogP contribution >= 0.6 is 33.9 Å². The van der Waals surface area contributed by atoms with E-state index in [1.54, 1.807) is 30.3 Å². The number of fused-ring (bicyclic) bond motifs is 1. The Bertz CT molecular complexity index is 1200. The highest BCUT2D eigenvalue weighted by Gasteiger charge is 2.16. The average molecular weight is 488 g/mol. The fourth-order valence-electron chi connectivity index (χ4n) is 2.63. The fraction of sp³-hybridized carbons (Fsp3) is 0. The summed E-state index contributed by atoms with van der Waals surface area (Å²) >= 11 is 3.58. The molecule has 0 saturated carbocycles. The van der Waals surface area contributed by atoms with Crippen LogP contribution in [0.15, 0.2) is 64.8 Å².